The first kappa shape index (κ1) is 20.7. The van der Waals surface area contributed by atoms with Gasteiger partial charge in [0.2, 0.25) is 0 Å². The number of pyridine rings is 1. The lowest BCUT2D eigenvalue weighted by molar-refractivity contribution is 0.00982. The van der Waals surface area contributed by atoms with Crippen LogP contribution in [0.15, 0.2) is 65.1 Å². The second-order valence-electron chi connectivity index (χ2n) is 9.09. The summed E-state index contributed by atoms with van der Waals surface area (Å²) in [5.74, 6) is 1.88. The van der Waals surface area contributed by atoms with Gasteiger partial charge < -0.3 is 20.2 Å². The number of nitrogen functional groups attached to an aromatic ring is 1. The lowest BCUT2D eigenvalue weighted by Gasteiger charge is -2.27. The topological polar surface area (TPSA) is 90.4 Å². The SMILES string of the molecule is Cc1ccc(C23OC(c4ccccc42)c2ccc(C(=O)NCc4c(C)cc(N)nc4C)cc23)o1. The minimum absolute atomic E-state index is 0.153. The molecule has 2 aliphatic heterocycles. The molecule has 0 saturated heterocycles. The average Bonchev–Trinajstić information content (AvgIpc) is 3.50. The molecule has 6 heteroatoms. The van der Waals surface area contributed by atoms with E-state index >= 15 is 0 Å². The van der Waals surface area contributed by atoms with Crippen molar-refractivity contribution < 1.29 is 13.9 Å². The molecule has 4 heterocycles. The fraction of sp³-hybridized carbons (Fsp3) is 0.214. The van der Waals surface area contributed by atoms with Crippen molar-refractivity contribution in [3.8, 4) is 0 Å². The highest BCUT2D eigenvalue weighted by Crippen LogP contribution is 2.61. The summed E-state index contributed by atoms with van der Waals surface area (Å²) >= 11 is 0. The van der Waals surface area contributed by atoms with Crippen molar-refractivity contribution in [2.45, 2.75) is 39.0 Å². The Morgan fingerprint density at radius 3 is 2.59 bits per heavy atom. The number of amides is 1. The number of anilines is 1. The highest BCUT2D eigenvalue weighted by atomic mass is 16.5. The largest absolute Gasteiger partial charge is 0.463 e. The molecule has 2 bridgehead atoms. The molecule has 6 nitrogen and oxygen atoms in total. The van der Waals surface area contributed by atoms with Crippen LogP contribution in [0.5, 0.6) is 0 Å². The van der Waals surface area contributed by atoms with Crippen molar-refractivity contribution >= 4 is 11.7 Å². The molecule has 170 valence electrons. The van der Waals surface area contributed by atoms with E-state index < -0.39 is 5.60 Å². The molecule has 2 aromatic heterocycles. The van der Waals surface area contributed by atoms with Gasteiger partial charge in [0.05, 0.1) is 0 Å². The Balaban J connectivity index is 1.38. The number of nitrogens with one attached hydrogen (secondary N) is 1. The summed E-state index contributed by atoms with van der Waals surface area (Å²) in [6.07, 6.45) is -0.181. The lowest BCUT2D eigenvalue weighted by atomic mass is 9.76. The Morgan fingerprint density at radius 1 is 1.03 bits per heavy atom. The summed E-state index contributed by atoms with van der Waals surface area (Å²) in [5, 5.41) is 3.04. The maximum Gasteiger partial charge on any atom is 0.251 e. The molecule has 0 radical (unpaired) electrons. The second kappa shape index (κ2) is 7.30. The number of hydrogen-bond donors (Lipinski definition) is 2. The first-order valence-electron chi connectivity index (χ1n) is 11.4. The molecular formula is C28H25N3O3. The van der Waals surface area contributed by atoms with Gasteiger partial charge in [-0.1, -0.05) is 30.3 Å². The fourth-order valence-electron chi connectivity index (χ4n) is 5.39. The summed E-state index contributed by atoms with van der Waals surface area (Å²) in [6, 6.07) is 19.8. The highest BCUT2D eigenvalue weighted by Gasteiger charge is 2.57. The molecule has 0 aliphatic carbocycles. The summed E-state index contributed by atoms with van der Waals surface area (Å²) in [4.78, 5) is 17.5. The molecule has 1 amide bonds. The minimum Gasteiger partial charge on any atom is -0.463 e. The average molecular weight is 452 g/mol. The lowest BCUT2D eigenvalue weighted by Crippen LogP contribution is -2.28. The van der Waals surface area contributed by atoms with Crippen LogP contribution < -0.4 is 11.1 Å². The van der Waals surface area contributed by atoms with Crippen molar-refractivity contribution in [3.63, 3.8) is 0 Å². The summed E-state index contributed by atoms with van der Waals surface area (Å²) in [5.41, 5.74) is 12.6. The van der Waals surface area contributed by atoms with E-state index in [1.807, 2.05) is 69.3 Å². The number of carbonyl (C=O) groups excluding carboxylic acids is 1. The van der Waals surface area contributed by atoms with Gasteiger partial charge in [0, 0.05) is 28.9 Å². The highest BCUT2D eigenvalue weighted by molar-refractivity contribution is 5.94. The van der Waals surface area contributed by atoms with E-state index in [2.05, 4.69) is 22.4 Å². The van der Waals surface area contributed by atoms with Crippen molar-refractivity contribution in [2.75, 3.05) is 5.73 Å². The molecule has 0 spiro atoms. The van der Waals surface area contributed by atoms with E-state index in [4.69, 9.17) is 14.9 Å². The number of ether oxygens (including phenoxy) is 1. The molecule has 2 unspecified atom stereocenters. The summed E-state index contributed by atoms with van der Waals surface area (Å²) in [6.45, 7) is 6.18. The van der Waals surface area contributed by atoms with Gasteiger partial charge in [0.15, 0.2) is 5.60 Å². The van der Waals surface area contributed by atoms with Crippen molar-refractivity contribution in [2.24, 2.45) is 0 Å². The number of benzene rings is 2. The first-order chi connectivity index (χ1) is 16.4. The first-order valence-corrected chi connectivity index (χ1v) is 11.4. The van der Waals surface area contributed by atoms with Gasteiger partial charge >= 0.3 is 0 Å². The molecule has 4 aromatic rings. The fourth-order valence-corrected chi connectivity index (χ4v) is 5.39. The van der Waals surface area contributed by atoms with Crippen molar-refractivity contribution in [3.05, 3.63) is 117 Å². The number of hydrogen-bond acceptors (Lipinski definition) is 5. The Kier molecular flexibility index (Phi) is 4.44. The smallest absolute Gasteiger partial charge is 0.251 e. The van der Waals surface area contributed by atoms with Gasteiger partial charge in [-0.05, 0) is 73.4 Å². The molecule has 0 saturated carbocycles. The van der Waals surface area contributed by atoms with Crippen molar-refractivity contribution in [1.29, 1.82) is 0 Å². The Labute approximate surface area is 197 Å². The number of nitrogens with two attached hydrogens (primary N) is 1. The van der Waals surface area contributed by atoms with Crippen LogP contribution >= 0.6 is 0 Å². The molecule has 2 atom stereocenters. The number of fused-ring (bicyclic) bond motifs is 8. The summed E-state index contributed by atoms with van der Waals surface area (Å²) in [7, 11) is 0. The number of rotatable bonds is 4. The van der Waals surface area contributed by atoms with Crippen LogP contribution in [0.1, 0.15) is 67.1 Å². The Morgan fingerprint density at radius 2 is 1.82 bits per heavy atom. The van der Waals surface area contributed by atoms with Crippen LogP contribution in [0.3, 0.4) is 0 Å². The van der Waals surface area contributed by atoms with E-state index in [9.17, 15) is 4.79 Å². The van der Waals surface area contributed by atoms with Gasteiger partial charge in [0.25, 0.3) is 5.91 Å². The number of furan rings is 1. The predicted molar refractivity (Wildman–Crippen MR) is 128 cm³/mol. The van der Waals surface area contributed by atoms with Crippen LogP contribution in [0.25, 0.3) is 0 Å². The van der Waals surface area contributed by atoms with E-state index in [1.54, 1.807) is 0 Å². The monoisotopic (exact) mass is 451 g/mol. The zero-order valence-corrected chi connectivity index (χ0v) is 19.3. The molecule has 2 aromatic carbocycles. The number of carbonyl (C=O) groups is 1. The molecule has 6 rings (SSSR count). The zero-order chi connectivity index (χ0) is 23.6. The quantitative estimate of drug-likeness (QED) is 0.464. The van der Waals surface area contributed by atoms with Crippen LogP contribution in [0.4, 0.5) is 5.82 Å². The standard InChI is InChI=1S/C28H25N3O3/c1-15-12-25(29)31-17(3)21(15)14-30-27(32)18-9-10-20-23(13-18)28(24-11-8-16(2)33-24)22-7-5-4-6-19(22)26(20)34-28/h4-13,26H,14H2,1-3H3,(H2,29,31)(H,30,32). The minimum atomic E-state index is -0.852. The maximum absolute atomic E-state index is 13.2. The Hall–Kier alpha value is -3.90. The van der Waals surface area contributed by atoms with E-state index in [-0.39, 0.29) is 12.0 Å². The number of aromatic nitrogens is 1. The maximum atomic E-state index is 13.2. The second-order valence-corrected chi connectivity index (χ2v) is 9.09. The van der Waals surface area contributed by atoms with E-state index in [1.165, 1.54) is 0 Å². The number of nitrogens with zero attached hydrogens (tertiary/aromatic N) is 1. The van der Waals surface area contributed by atoms with E-state index in [0.717, 1.165) is 50.6 Å². The van der Waals surface area contributed by atoms with Crippen LogP contribution in [-0.2, 0) is 16.9 Å². The molecular weight excluding hydrogens is 426 g/mol. The third-order valence-corrected chi connectivity index (χ3v) is 6.98. The molecule has 0 fully saturated rings. The van der Waals surface area contributed by atoms with Gasteiger partial charge in [-0.2, -0.15) is 0 Å². The molecule has 2 aliphatic rings. The van der Waals surface area contributed by atoms with Crippen LogP contribution in [0, 0.1) is 20.8 Å². The molecule has 3 N–H and O–H groups in total. The normalized spacial score (nSPS) is 19.7. The van der Waals surface area contributed by atoms with Gasteiger partial charge in [-0.15, -0.1) is 0 Å². The van der Waals surface area contributed by atoms with Crippen LogP contribution in [0.2, 0.25) is 0 Å². The Bertz CT molecular complexity index is 1450. The zero-order valence-electron chi connectivity index (χ0n) is 19.3. The predicted octanol–water partition coefficient (Wildman–Crippen LogP) is 4.84. The third kappa shape index (κ3) is 2.85. The summed E-state index contributed by atoms with van der Waals surface area (Å²) < 4.78 is 12.8. The van der Waals surface area contributed by atoms with E-state index in [0.29, 0.717) is 17.9 Å². The number of aryl methyl sites for hydroxylation is 3. The van der Waals surface area contributed by atoms with Gasteiger partial charge in [0.1, 0.15) is 23.4 Å². The van der Waals surface area contributed by atoms with Crippen molar-refractivity contribution in [1.82, 2.24) is 10.3 Å². The third-order valence-electron chi connectivity index (χ3n) is 6.98. The molecule has 34 heavy (non-hydrogen) atoms. The van der Waals surface area contributed by atoms with Gasteiger partial charge in [-0.25, -0.2) is 4.98 Å². The van der Waals surface area contributed by atoms with Gasteiger partial charge in [-0.3, -0.25) is 4.79 Å². The van der Waals surface area contributed by atoms with Crippen LogP contribution in [-0.4, -0.2) is 10.9 Å².